The maximum atomic E-state index is 13.1. The number of carbonyl (C=O) groups excluding carboxylic acids is 1. The van der Waals surface area contributed by atoms with E-state index in [9.17, 15) is 9.59 Å². The summed E-state index contributed by atoms with van der Waals surface area (Å²) in [6.45, 7) is 4.63. The summed E-state index contributed by atoms with van der Waals surface area (Å²) in [5, 5.41) is 11.2. The monoisotopic (exact) mass is 345 g/mol. The smallest absolute Gasteiger partial charge is 0.307 e. The molecular formula is C22H19NO3. The van der Waals surface area contributed by atoms with Crippen LogP contribution in [0.4, 0.5) is 5.69 Å². The van der Waals surface area contributed by atoms with E-state index in [1.54, 1.807) is 17.0 Å². The van der Waals surface area contributed by atoms with Crippen LogP contribution in [0.2, 0.25) is 0 Å². The zero-order valence-corrected chi connectivity index (χ0v) is 14.7. The molecule has 0 unspecified atom stereocenters. The molecule has 0 fully saturated rings. The third kappa shape index (κ3) is 2.46. The minimum Gasteiger partial charge on any atom is -0.481 e. The van der Waals surface area contributed by atoms with Crippen LogP contribution in [0.25, 0.3) is 10.8 Å². The highest BCUT2D eigenvalue weighted by molar-refractivity contribution is 6.14. The Bertz CT molecular complexity index is 1050. The van der Waals surface area contributed by atoms with Crippen molar-refractivity contribution in [3.05, 3.63) is 76.3 Å². The second-order valence-electron chi connectivity index (χ2n) is 6.78. The van der Waals surface area contributed by atoms with Crippen LogP contribution in [0, 0.1) is 13.8 Å². The number of carboxylic acid groups (broad SMARTS) is 1. The molecule has 0 aliphatic carbocycles. The molecule has 4 heteroatoms. The van der Waals surface area contributed by atoms with Gasteiger partial charge in [0.2, 0.25) is 0 Å². The molecule has 1 aliphatic rings. The Balaban J connectivity index is 1.77. The van der Waals surface area contributed by atoms with E-state index in [0.717, 1.165) is 38.9 Å². The molecule has 4 rings (SSSR count). The van der Waals surface area contributed by atoms with E-state index in [-0.39, 0.29) is 12.3 Å². The first kappa shape index (κ1) is 16.3. The number of nitrogens with zero attached hydrogens (tertiary/aromatic N) is 1. The average Bonchev–Trinajstić information content (AvgIpc) is 2.98. The van der Waals surface area contributed by atoms with Gasteiger partial charge < -0.3 is 10.0 Å². The molecule has 1 N–H and O–H groups in total. The Kier molecular flexibility index (Phi) is 3.76. The van der Waals surface area contributed by atoms with E-state index in [4.69, 9.17) is 5.11 Å². The van der Waals surface area contributed by atoms with Crippen molar-refractivity contribution in [3.63, 3.8) is 0 Å². The Labute approximate surface area is 151 Å². The number of fused-ring (bicyclic) bond motifs is 2. The number of aliphatic carboxylic acids is 1. The molecule has 3 aromatic carbocycles. The lowest BCUT2D eigenvalue weighted by Gasteiger charge is -2.16. The zero-order valence-electron chi connectivity index (χ0n) is 14.7. The molecule has 0 saturated heterocycles. The highest BCUT2D eigenvalue weighted by Crippen LogP contribution is 2.37. The molecule has 1 amide bonds. The lowest BCUT2D eigenvalue weighted by Crippen LogP contribution is -2.23. The lowest BCUT2D eigenvalue weighted by atomic mass is 9.92. The quantitative estimate of drug-likeness (QED) is 0.772. The van der Waals surface area contributed by atoms with Gasteiger partial charge in [-0.3, -0.25) is 9.59 Å². The molecule has 0 bridgehead atoms. The molecule has 0 radical (unpaired) electrons. The van der Waals surface area contributed by atoms with E-state index in [2.05, 4.69) is 19.1 Å². The number of anilines is 1. The van der Waals surface area contributed by atoms with Crippen LogP contribution in [0.15, 0.2) is 48.5 Å². The van der Waals surface area contributed by atoms with Gasteiger partial charge in [0.25, 0.3) is 5.91 Å². The second kappa shape index (κ2) is 5.99. The van der Waals surface area contributed by atoms with Crippen LogP contribution in [-0.4, -0.2) is 17.0 Å². The van der Waals surface area contributed by atoms with E-state index in [0.29, 0.717) is 6.54 Å². The van der Waals surface area contributed by atoms with Crippen molar-refractivity contribution in [2.45, 2.75) is 26.8 Å². The number of rotatable bonds is 3. The first-order chi connectivity index (χ1) is 12.5. The van der Waals surface area contributed by atoms with Crippen molar-refractivity contribution < 1.29 is 14.7 Å². The molecule has 1 heterocycles. The summed E-state index contributed by atoms with van der Waals surface area (Å²) in [4.78, 5) is 25.7. The van der Waals surface area contributed by atoms with E-state index >= 15 is 0 Å². The summed E-state index contributed by atoms with van der Waals surface area (Å²) in [5.74, 6) is -0.849. The third-order valence-electron chi connectivity index (χ3n) is 5.24. The van der Waals surface area contributed by atoms with Crippen LogP contribution in [-0.2, 0) is 17.8 Å². The minimum absolute atomic E-state index is 0.0114. The van der Waals surface area contributed by atoms with E-state index < -0.39 is 5.97 Å². The number of carboxylic acids is 1. The fourth-order valence-electron chi connectivity index (χ4n) is 3.88. The number of hydrogen-bond acceptors (Lipinski definition) is 2. The van der Waals surface area contributed by atoms with Gasteiger partial charge in [0.05, 0.1) is 13.0 Å². The predicted octanol–water partition coefficient (Wildman–Crippen LogP) is 4.24. The van der Waals surface area contributed by atoms with Crippen molar-refractivity contribution in [1.29, 1.82) is 0 Å². The molecule has 0 spiro atoms. The van der Waals surface area contributed by atoms with Crippen molar-refractivity contribution in [1.82, 2.24) is 0 Å². The maximum absolute atomic E-state index is 13.1. The van der Waals surface area contributed by atoms with Gasteiger partial charge in [-0.25, -0.2) is 0 Å². The maximum Gasteiger partial charge on any atom is 0.307 e. The predicted molar refractivity (Wildman–Crippen MR) is 102 cm³/mol. The second-order valence-corrected chi connectivity index (χ2v) is 6.78. The number of carbonyl (C=O) groups is 2. The van der Waals surface area contributed by atoms with E-state index in [1.165, 1.54) is 5.39 Å². The molecule has 0 saturated carbocycles. The first-order valence-corrected chi connectivity index (χ1v) is 8.60. The molecule has 1 aliphatic heterocycles. The fourth-order valence-corrected chi connectivity index (χ4v) is 3.88. The highest BCUT2D eigenvalue weighted by Gasteiger charge is 2.32. The molecule has 0 aromatic heterocycles. The van der Waals surface area contributed by atoms with E-state index in [1.807, 2.05) is 31.2 Å². The summed E-state index contributed by atoms with van der Waals surface area (Å²) in [7, 11) is 0. The zero-order chi connectivity index (χ0) is 18.4. The Morgan fingerprint density at radius 3 is 2.23 bits per heavy atom. The van der Waals surface area contributed by atoms with Crippen molar-refractivity contribution in [2.24, 2.45) is 0 Å². The minimum atomic E-state index is -0.861. The van der Waals surface area contributed by atoms with Gasteiger partial charge in [0.1, 0.15) is 0 Å². The van der Waals surface area contributed by atoms with Gasteiger partial charge in [-0.1, -0.05) is 36.4 Å². The summed E-state index contributed by atoms with van der Waals surface area (Å²) in [6.07, 6.45) is -0.0158. The normalized spacial score (nSPS) is 13.3. The highest BCUT2D eigenvalue weighted by atomic mass is 16.4. The number of aryl methyl sites for hydroxylation is 2. The Morgan fingerprint density at radius 2 is 1.62 bits per heavy atom. The van der Waals surface area contributed by atoms with Crippen molar-refractivity contribution in [2.75, 3.05) is 4.90 Å². The molecule has 3 aromatic rings. The lowest BCUT2D eigenvalue weighted by molar-refractivity contribution is -0.136. The van der Waals surface area contributed by atoms with Crippen LogP contribution in [0.3, 0.4) is 0 Å². The largest absolute Gasteiger partial charge is 0.481 e. The number of amides is 1. The number of hydrogen-bond donors (Lipinski definition) is 1. The molecule has 0 atom stereocenters. The van der Waals surface area contributed by atoms with Gasteiger partial charge in [0, 0.05) is 11.3 Å². The summed E-state index contributed by atoms with van der Waals surface area (Å²) < 4.78 is 0. The van der Waals surface area contributed by atoms with Crippen molar-refractivity contribution in [3.8, 4) is 0 Å². The van der Waals surface area contributed by atoms with Gasteiger partial charge in [0.15, 0.2) is 0 Å². The van der Waals surface area contributed by atoms with Crippen molar-refractivity contribution >= 4 is 28.3 Å². The van der Waals surface area contributed by atoms with Gasteiger partial charge in [-0.15, -0.1) is 0 Å². The Morgan fingerprint density at radius 1 is 1.00 bits per heavy atom. The molecular weight excluding hydrogens is 326 g/mol. The standard InChI is InChI=1S/C22H19NO3/c1-13-17-5-3-4-6-18(17)14(2)21-19(13)12-23(22(21)26)16-9-7-15(8-10-16)11-20(24)25/h3-10H,11-12H2,1-2H3,(H,24,25). The van der Waals surface area contributed by atoms with Gasteiger partial charge in [-0.05, 0) is 59.0 Å². The van der Waals surface area contributed by atoms with Gasteiger partial charge >= 0.3 is 5.97 Å². The summed E-state index contributed by atoms with van der Waals surface area (Å²) in [5.41, 5.74) is 5.58. The summed E-state index contributed by atoms with van der Waals surface area (Å²) >= 11 is 0. The van der Waals surface area contributed by atoms with Crippen LogP contribution < -0.4 is 4.90 Å². The average molecular weight is 345 g/mol. The van der Waals surface area contributed by atoms with Crippen LogP contribution >= 0.6 is 0 Å². The first-order valence-electron chi connectivity index (χ1n) is 8.60. The third-order valence-corrected chi connectivity index (χ3v) is 5.24. The molecule has 4 nitrogen and oxygen atoms in total. The summed E-state index contributed by atoms with van der Waals surface area (Å²) in [6, 6.07) is 15.4. The number of benzene rings is 3. The Hall–Kier alpha value is -3.14. The van der Waals surface area contributed by atoms with Crippen LogP contribution in [0.5, 0.6) is 0 Å². The fraction of sp³-hybridized carbons (Fsp3) is 0.182. The van der Waals surface area contributed by atoms with Crippen LogP contribution in [0.1, 0.15) is 32.6 Å². The molecule has 26 heavy (non-hydrogen) atoms. The molecule has 130 valence electrons. The SMILES string of the molecule is Cc1c2c(c(C)c3ccccc13)C(=O)N(c1ccc(CC(=O)O)cc1)C2. The van der Waals surface area contributed by atoms with Gasteiger partial charge in [-0.2, -0.15) is 0 Å². The topological polar surface area (TPSA) is 57.6 Å².